The highest BCUT2D eigenvalue weighted by Crippen LogP contribution is 2.48. The van der Waals surface area contributed by atoms with Crippen LogP contribution in [-0.4, -0.2) is 24.5 Å². The number of para-hydroxylation sites is 1. The molecule has 1 aliphatic rings. The minimum Gasteiger partial charge on any atom is -0.405 e. The Morgan fingerprint density at radius 3 is 2.06 bits per heavy atom. The van der Waals surface area contributed by atoms with Crippen LogP contribution in [0, 0.1) is 29.1 Å². The summed E-state index contributed by atoms with van der Waals surface area (Å²) in [4.78, 5) is 11.7. The van der Waals surface area contributed by atoms with E-state index in [1.54, 1.807) is 6.07 Å². The zero-order valence-electron chi connectivity index (χ0n) is 16.7. The molecule has 0 amide bonds. The maximum absolute atomic E-state index is 14.1. The molecule has 12 heteroatoms. The molecule has 0 heterocycles. The number of halogens is 5. The van der Waals surface area contributed by atoms with Crippen molar-refractivity contribution in [3.63, 3.8) is 0 Å². The summed E-state index contributed by atoms with van der Waals surface area (Å²) in [7, 11) is -4.96. The predicted molar refractivity (Wildman–Crippen MR) is 103 cm³/mol. The lowest BCUT2D eigenvalue weighted by atomic mass is 9.96. The van der Waals surface area contributed by atoms with E-state index in [9.17, 15) is 31.3 Å². The van der Waals surface area contributed by atoms with Crippen LogP contribution in [0.3, 0.4) is 0 Å². The molecule has 2 aromatic carbocycles. The van der Waals surface area contributed by atoms with Gasteiger partial charge in [0.05, 0.1) is 12.7 Å². The number of nitrogens with one attached hydrogen (secondary N) is 1. The topological polar surface area (TPSA) is 73.9 Å². The Bertz CT molecular complexity index is 1010. The van der Waals surface area contributed by atoms with Crippen LogP contribution >= 0.6 is 7.75 Å². The lowest BCUT2D eigenvalue weighted by Gasteiger charge is -2.33. The van der Waals surface area contributed by atoms with E-state index in [-0.39, 0.29) is 18.5 Å². The lowest BCUT2D eigenvalue weighted by molar-refractivity contribution is -0.116. The van der Waals surface area contributed by atoms with Crippen molar-refractivity contribution in [2.24, 2.45) is 0 Å². The van der Waals surface area contributed by atoms with Gasteiger partial charge in [0.1, 0.15) is 17.6 Å². The van der Waals surface area contributed by atoms with E-state index in [1.165, 1.54) is 31.2 Å². The van der Waals surface area contributed by atoms with Crippen LogP contribution in [0.1, 0.15) is 26.2 Å². The second-order valence-corrected chi connectivity index (χ2v) is 8.99. The van der Waals surface area contributed by atoms with Crippen LogP contribution in [-0.2, 0) is 14.1 Å². The Morgan fingerprint density at radius 1 is 1.00 bits per heavy atom. The van der Waals surface area contributed by atoms with Crippen molar-refractivity contribution in [2.45, 2.75) is 37.8 Å². The Hall–Kier alpha value is -2.49. The van der Waals surface area contributed by atoms with Gasteiger partial charge in [-0.3, -0.25) is 0 Å². The predicted octanol–water partition coefficient (Wildman–Crippen LogP) is 5.06. The molecule has 1 unspecified atom stereocenters. The van der Waals surface area contributed by atoms with E-state index in [2.05, 4.69) is 5.09 Å². The van der Waals surface area contributed by atoms with E-state index in [4.69, 9.17) is 13.8 Å². The molecule has 0 bridgehead atoms. The molecule has 0 radical (unpaired) electrons. The fourth-order valence-electron chi connectivity index (χ4n) is 2.70. The van der Waals surface area contributed by atoms with Gasteiger partial charge in [0, 0.05) is 0 Å². The average molecular weight is 479 g/mol. The number of carbonyl (C=O) groups is 1. The molecule has 2 atom stereocenters. The van der Waals surface area contributed by atoms with Gasteiger partial charge in [0.2, 0.25) is 34.8 Å². The van der Waals surface area contributed by atoms with Gasteiger partial charge in [-0.1, -0.05) is 18.2 Å². The number of hydrogen-bond acceptors (Lipinski definition) is 5. The zero-order valence-corrected chi connectivity index (χ0v) is 17.6. The SMILES string of the molecule is C[C@@](C=O)(COC1CCC1)NP(=O)(Oc1ccccc1)Oc1c(F)c(F)c(F)c(F)c1F. The van der Waals surface area contributed by atoms with E-state index >= 15 is 0 Å². The number of rotatable bonds is 10. The molecule has 1 N–H and O–H groups in total. The first-order chi connectivity index (χ1) is 15.1. The third-order valence-corrected chi connectivity index (χ3v) is 6.33. The molecule has 6 nitrogen and oxygen atoms in total. The minimum atomic E-state index is -4.96. The maximum atomic E-state index is 14.1. The molecular weight excluding hydrogens is 460 g/mol. The third kappa shape index (κ3) is 5.28. The number of aldehydes is 1. The third-order valence-electron chi connectivity index (χ3n) is 4.67. The van der Waals surface area contributed by atoms with Crippen molar-refractivity contribution in [1.82, 2.24) is 5.09 Å². The fourth-order valence-corrected chi connectivity index (χ4v) is 4.37. The molecular formula is C20H19F5NO5P. The van der Waals surface area contributed by atoms with Gasteiger partial charge in [0.25, 0.3) is 0 Å². The highest BCUT2D eigenvalue weighted by Gasteiger charge is 2.42. The van der Waals surface area contributed by atoms with Crippen molar-refractivity contribution in [1.29, 1.82) is 0 Å². The van der Waals surface area contributed by atoms with Crippen molar-refractivity contribution >= 4 is 14.0 Å². The summed E-state index contributed by atoms with van der Waals surface area (Å²) in [6.45, 7) is 0.936. The number of carbonyl (C=O) groups excluding carboxylic acids is 1. The maximum Gasteiger partial charge on any atom is 0.514 e. The van der Waals surface area contributed by atoms with Crippen LogP contribution < -0.4 is 14.1 Å². The van der Waals surface area contributed by atoms with Crippen LogP contribution in [0.2, 0.25) is 0 Å². The Balaban J connectivity index is 1.96. The molecule has 32 heavy (non-hydrogen) atoms. The van der Waals surface area contributed by atoms with E-state index in [0.717, 1.165) is 19.3 Å². The molecule has 0 aromatic heterocycles. The van der Waals surface area contributed by atoms with Crippen LogP contribution in [0.5, 0.6) is 11.5 Å². The van der Waals surface area contributed by atoms with Crippen LogP contribution in [0.15, 0.2) is 30.3 Å². The van der Waals surface area contributed by atoms with Gasteiger partial charge < -0.3 is 18.6 Å². The lowest BCUT2D eigenvalue weighted by Crippen LogP contribution is -2.49. The Labute approximate surface area is 180 Å². The molecule has 0 saturated heterocycles. The molecule has 3 rings (SSSR count). The summed E-state index contributed by atoms with van der Waals surface area (Å²) in [6.07, 6.45) is 2.65. The molecule has 1 aliphatic carbocycles. The first-order valence-electron chi connectivity index (χ1n) is 9.50. The van der Waals surface area contributed by atoms with Crippen molar-refractivity contribution in [3.8, 4) is 11.5 Å². The first-order valence-corrected chi connectivity index (χ1v) is 11.0. The molecule has 174 valence electrons. The van der Waals surface area contributed by atoms with Crippen LogP contribution in [0.4, 0.5) is 22.0 Å². The summed E-state index contributed by atoms with van der Waals surface area (Å²) in [5, 5.41) is 2.21. The van der Waals surface area contributed by atoms with Gasteiger partial charge in [-0.15, -0.1) is 0 Å². The van der Waals surface area contributed by atoms with Crippen LogP contribution in [0.25, 0.3) is 0 Å². The van der Waals surface area contributed by atoms with Crippen molar-refractivity contribution in [3.05, 3.63) is 59.4 Å². The fraction of sp³-hybridized carbons (Fsp3) is 0.350. The summed E-state index contributed by atoms with van der Waals surface area (Å²) >= 11 is 0. The quantitative estimate of drug-likeness (QED) is 0.169. The molecule has 0 aliphatic heterocycles. The summed E-state index contributed by atoms with van der Waals surface area (Å²) in [5.74, 6) is -13.6. The molecule has 1 saturated carbocycles. The Morgan fingerprint density at radius 2 is 1.56 bits per heavy atom. The summed E-state index contributed by atoms with van der Waals surface area (Å²) < 4.78 is 97.8. The van der Waals surface area contributed by atoms with Gasteiger partial charge in [0.15, 0.2) is 0 Å². The number of hydrogen-bond donors (Lipinski definition) is 1. The number of ether oxygens (including phenoxy) is 1. The van der Waals surface area contributed by atoms with Gasteiger partial charge in [-0.2, -0.15) is 13.9 Å². The van der Waals surface area contributed by atoms with Gasteiger partial charge >= 0.3 is 7.75 Å². The summed E-state index contributed by atoms with van der Waals surface area (Å²) in [6, 6.07) is 7.13. The smallest absolute Gasteiger partial charge is 0.405 e. The average Bonchev–Trinajstić information content (AvgIpc) is 2.73. The minimum absolute atomic E-state index is 0.124. The highest BCUT2D eigenvalue weighted by molar-refractivity contribution is 7.52. The largest absolute Gasteiger partial charge is 0.514 e. The van der Waals surface area contributed by atoms with Gasteiger partial charge in [-0.05, 0) is 38.3 Å². The first kappa shape index (κ1) is 24.2. The summed E-state index contributed by atoms with van der Waals surface area (Å²) in [5.41, 5.74) is -1.75. The highest BCUT2D eigenvalue weighted by atomic mass is 31.2. The second-order valence-electron chi connectivity index (χ2n) is 7.40. The second kappa shape index (κ2) is 9.56. The molecule has 1 fully saturated rings. The number of benzene rings is 2. The van der Waals surface area contributed by atoms with E-state index < -0.39 is 48.1 Å². The normalized spacial score (nSPS) is 17.7. The van der Waals surface area contributed by atoms with E-state index in [0.29, 0.717) is 6.29 Å². The van der Waals surface area contributed by atoms with Crippen molar-refractivity contribution in [2.75, 3.05) is 6.61 Å². The Kier molecular flexibility index (Phi) is 7.22. The molecule has 2 aromatic rings. The standard InChI is InChI=1S/C20H19F5NO5P/c1-20(10-27,11-29-12-8-5-9-12)26-32(28,30-13-6-3-2-4-7-13)31-19-17(24)15(22)14(21)16(23)18(19)25/h2-4,6-7,10,12H,5,8-9,11H2,1H3,(H,26,28)/t20-,32?/m1/s1. The van der Waals surface area contributed by atoms with Crippen molar-refractivity contribution < 1.29 is 45.1 Å². The monoisotopic (exact) mass is 479 g/mol. The van der Waals surface area contributed by atoms with E-state index in [1.807, 2.05) is 0 Å². The van der Waals surface area contributed by atoms with Gasteiger partial charge in [-0.25, -0.2) is 17.7 Å². The molecule has 0 spiro atoms. The zero-order chi connectivity index (χ0) is 23.5.